The highest BCUT2D eigenvalue weighted by Crippen LogP contribution is 2.20. The van der Waals surface area contributed by atoms with Crippen molar-refractivity contribution in [3.8, 4) is 6.07 Å². The molecule has 0 atom stereocenters. The van der Waals surface area contributed by atoms with Gasteiger partial charge < -0.3 is 10.6 Å². The average Bonchev–Trinajstić information content (AvgIpc) is 2.49. The molecule has 0 fully saturated rings. The fourth-order valence-electron chi connectivity index (χ4n) is 2.09. The monoisotopic (exact) mass is 266 g/mol. The quantitative estimate of drug-likeness (QED) is 0.845. The maximum atomic E-state index is 8.80. The second-order valence-electron chi connectivity index (χ2n) is 4.63. The SMILES string of the molecule is CCCN(Cc1ccccc1N)c1ccc(C#N)nc1. The number of nitrogen functional groups attached to an aromatic ring is 1. The highest BCUT2D eigenvalue weighted by Gasteiger charge is 2.09. The van der Waals surface area contributed by atoms with Gasteiger partial charge in [-0.2, -0.15) is 5.26 Å². The van der Waals surface area contributed by atoms with Crippen molar-refractivity contribution in [2.45, 2.75) is 19.9 Å². The molecule has 0 radical (unpaired) electrons. The minimum atomic E-state index is 0.435. The van der Waals surface area contributed by atoms with Crippen molar-refractivity contribution in [1.29, 1.82) is 5.26 Å². The number of para-hydroxylation sites is 1. The van der Waals surface area contributed by atoms with Crippen LogP contribution in [0, 0.1) is 11.3 Å². The van der Waals surface area contributed by atoms with Crippen LogP contribution in [0.25, 0.3) is 0 Å². The highest BCUT2D eigenvalue weighted by molar-refractivity contribution is 5.51. The van der Waals surface area contributed by atoms with E-state index in [2.05, 4.69) is 16.8 Å². The van der Waals surface area contributed by atoms with Gasteiger partial charge in [0.15, 0.2) is 0 Å². The molecule has 4 heteroatoms. The number of hydrogen-bond donors (Lipinski definition) is 1. The van der Waals surface area contributed by atoms with Crippen molar-refractivity contribution in [1.82, 2.24) is 4.98 Å². The van der Waals surface area contributed by atoms with Gasteiger partial charge in [-0.3, -0.25) is 0 Å². The predicted molar refractivity (Wildman–Crippen MR) is 81.1 cm³/mol. The third-order valence-corrected chi connectivity index (χ3v) is 3.14. The molecule has 2 N–H and O–H groups in total. The Labute approximate surface area is 119 Å². The van der Waals surface area contributed by atoms with Crippen LogP contribution in [0.15, 0.2) is 42.6 Å². The summed E-state index contributed by atoms with van der Waals surface area (Å²) in [6.45, 7) is 3.80. The molecule has 0 saturated heterocycles. The largest absolute Gasteiger partial charge is 0.398 e. The number of nitrogens with zero attached hydrogens (tertiary/aromatic N) is 3. The molecule has 102 valence electrons. The van der Waals surface area contributed by atoms with Crippen LogP contribution in [0.3, 0.4) is 0 Å². The Morgan fingerprint density at radius 1 is 1.25 bits per heavy atom. The average molecular weight is 266 g/mol. The Morgan fingerprint density at radius 2 is 2.05 bits per heavy atom. The molecule has 2 aromatic rings. The van der Waals surface area contributed by atoms with Gasteiger partial charge >= 0.3 is 0 Å². The second kappa shape index (κ2) is 6.58. The minimum absolute atomic E-state index is 0.435. The van der Waals surface area contributed by atoms with E-state index in [-0.39, 0.29) is 0 Å². The summed E-state index contributed by atoms with van der Waals surface area (Å²) in [4.78, 5) is 6.35. The zero-order valence-electron chi connectivity index (χ0n) is 11.6. The van der Waals surface area contributed by atoms with Crippen LogP contribution in [0.4, 0.5) is 11.4 Å². The van der Waals surface area contributed by atoms with Crippen LogP contribution in [0.1, 0.15) is 24.6 Å². The normalized spacial score (nSPS) is 10.0. The molecule has 0 bridgehead atoms. The van der Waals surface area contributed by atoms with E-state index < -0.39 is 0 Å². The summed E-state index contributed by atoms with van der Waals surface area (Å²) in [6.07, 6.45) is 2.78. The van der Waals surface area contributed by atoms with E-state index in [1.807, 2.05) is 36.4 Å². The van der Waals surface area contributed by atoms with E-state index in [4.69, 9.17) is 11.0 Å². The van der Waals surface area contributed by atoms with E-state index >= 15 is 0 Å². The molecule has 20 heavy (non-hydrogen) atoms. The Bertz CT molecular complexity index is 599. The number of anilines is 2. The molecule has 4 nitrogen and oxygen atoms in total. The molecular weight excluding hydrogens is 248 g/mol. The van der Waals surface area contributed by atoms with Gasteiger partial charge in [0.1, 0.15) is 11.8 Å². The smallest absolute Gasteiger partial charge is 0.140 e. The first-order valence-electron chi connectivity index (χ1n) is 6.69. The zero-order valence-corrected chi connectivity index (χ0v) is 11.6. The first kappa shape index (κ1) is 13.9. The summed E-state index contributed by atoms with van der Waals surface area (Å²) in [6, 6.07) is 13.6. The standard InChI is InChI=1S/C16H18N4/c1-2-9-20(12-13-5-3-4-6-16(13)18)15-8-7-14(10-17)19-11-15/h3-8,11H,2,9,12,18H2,1H3. The molecular formula is C16H18N4. The van der Waals surface area contributed by atoms with Crippen LogP contribution in [-0.2, 0) is 6.54 Å². The van der Waals surface area contributed by atoms with Crippen LogP contribution in [-0.4, -0.2) is 11.5 Å². The Balaban J connectivity index is 2.22. The van der Waals surface area contributed by atoms with Crippen molar-refractivity contribution in [3.63, 3.8) is 0 Å². The van der Waals surface area contributed by atoms with Gasteiger partial charge in [-0.05, 0) is 30.2 Å². The lowest BCUT2D eigenvalue weighted by Gasteiger charge is -2.24. The van der Waals surface area contributed by atoms with Gasteiger partial charge in [0.05, 0.1) is 11.9 Å². The molecule has 1 aromatic carbocycles. The third-order valence-electron chi connectivity index (χ3n) is 3.14. The van der Waals surface area contributed by atoms with Crippen LogP contribution in [0.5, 0.6) is 0 Å². The van der Waals surface area contributed by atoms with Crippen molar-refractivity contribution >= 4 is 11.4 Å². The fourth-order valence-corrected chi connectivity index (χ4v) is 2.09. The van der Waals surface area contributed by atoms with Gasteiger partial charge in [0.2, 0.25) is 0 Å². The van der Waals surface area contributed by atoms with Gasteiger partial charge in [-0.1, -0.05) is 25.1 Å². The fraction of sp³-hybridized carbons (Fsp3) is 0.250. The molecule has 0 aliphatic rings. The summed E-state index contributed by atoms with van der Waals surface area (Å²) in [5, 5.41) is 8.80. The van der Waals surface area contributed by atoms with Crippen LogP contribution < -0.4 is 10.6 Å². The molecule has 0 aliphatic heterocycles. The molecule has 0 spiro atoms. The van der Waals surface area contributed by atoms with E-state index in [1.54, 1.807) is 12.3 Å². The maximum Gasteiger partial charge on any atom is 0.140 e. The van der Waals surface area contributed by atoms with E-state index in [0.717, 1.165) is 36.4 Å². The maximum absolute atomic E-state index is 8.80. The molecule has 0 unspecified atom stereocenters. The molecule has 0 amide bonds. The minimum Gasteiger partial charge on any atom is -0.398 e. The lowest BCUT2D eigenvalue weighted by atomic mass is 10.1. The van der Waals surface area contributed by atoms with Crippen molar-refractivity contribution in [3.05, 3.63) is 53.9 Å². The second-order valence-corrected chi connectivity index (χ2v) is 4.63. The van der Waals surface area contributed by atoms with Crippen LogP contribution >= 0.6 is 0 Å². The molecule has 2 rings (SSSR count). The third kappa shape index (κ3) is 3.27. The zero-order chi connectivity index (χ0) is 14.4. The van der Waals surface area contributed by atoms with Crippen molar-refractivity contribution < 1.29 is 0 Å². The summed E-state index contributed by atoms with van der Waals surface area (Å²) >= 11 is 0. The topological polar surface area (TPSA) is 65.9 Å². The van der Waals surface area contributed by atoms with Crippen LogP contribution in [0.2, 0.25) is 0 Å². The van der Waals surface area contributed by atoms with E-state index in [9.17, 15) is 0 Å². The van der Waals surface area contributed by atoms with E-state index in [0.29, 0.717) is 5.69 Å². The number of hydrogen-bond acceptors (Lipinski definition) is 4. The molecule has 1 heterocycles. The summed E-state index contributed by atoms with van der Waals surface area (Å²) in [7, 11) is 0. The number of nitrogens with two attached hydrogens (primary N) is 1. The molecule has 1 aromatic heterocycles. The Kier molecular flexibility index (Phi) is 4.56. The number of pyridine rings is 1. The highest BCUT2D eigenvalue weighted by atomic mass is 15.1. The van der Waals surface area contributed by atoms with Crippen molar-refractivity contribution in [2.75, 3.05) is 17.2 Å². The predicted octanol–water partition coefficient (Wildman–Crippen LogP) is 2.95. The lowest BCUT2D eigenvalue weighted by molar-refractivity contribution is 0.766. The van der Waals surface area contributed by atoms with Gasteiger partial charge in [-0.15, -0.1) is 0 Å². The number of rotatable bonds is 5. The van der Waals surface area contributed by atoms with Gasteiger partial charge in [-0.25, -0.2) is 4.98 Å². The Morgan fingerprint density at radius 3 is 2.65 bits per heavy atom. The molecule has 0 saturated carbocycles. The van der Waals surface area contributed by atoms with Crippen molar-refractivity contribution in [2.24, 2.45) is 0 Å². The number of benzene rings is 1. The Hall–Kier alpha value is -2.54. The molecule has 0 aliphatic carbocycles. The summed E-state index contributed by atoms with van der Waals surface area (Å²) in [5.41, 5.74) is 9.35. The summed E-state index contributed by atoms with van der Waals surface area (Å²) in [5.74, 6) is 0. The first-order chi connectivity index (χ1) is 9.74. The van der Waals surface area contributed by atoms with Gasteiger partial charge in [0.25, 0.3) is 0 Å². The van der Waals surface area contributed by atoms with E-state index in [1.165, 1.54) is 0 Å². The first-order valence-corrected chi connectivity index (χ1v) is 6.69. The van der Waals surface area contributed by atoms with Gasteiger partial charge in [0, 0.05) is 18.8 Å². The number of aromatic nitrogens is 1. The lowest BCUT2D eigenvalue weighted by Crippen LogP contribution is -2.24. The number of nitriles is 1. The summed E-state index contributed by atoms with van der Waals surface area (Å²) < 4.78 is 0.